The molecule has 1 unspecified atom stereocenters. The monoisotopic (exact) mass is 579 g/mol. The zero-order chi connectivity index (χ0) is 28.2. The number of aryl methyl sites for hydroxylation is 1. The smallest absolute Gasteiger partial charge is 0.245 e. The fourth-order valence-corrected chi connectivity index (χ4v) is 8.68. The van der Waals surface area contributed by atoms with Gasteiger partial charge >= 0.3 is 0 Å². The summed E-state index contributed by atoms with van der Waals surface area (Å²) in [6, 6.07) is 20.8. The zero-order valence-electron chi connectivity index (χ0n) is 21.7. The lowest BCUT2D eigenvalue weighted by atomic mass is 9.97. The van der Waals surface area contributed by atoms with Crippen LogP contribution in [0.4, 0.5) is 0 Å². The SMILES string of the molecule is O=C(CC1(c2ccc(-c3ccc(-c4cnco4)cc3)s2)CCN(C(=O)CCc2ccccc2)CCS1(=O)=O)NO. The van der Waals surface area contributed by atoms with Gasteiger partial charge in [-0.2, -0.15) is 0 Å². The summed E-state index contributed by atoms with van der Waals surface area (Å²) in [5.41, 5.74) is 4.38. The van der Waals surface area contributed by atoms with E-state index >= 15 is 0 Å². The summed E-state index contributed by atoms with van der Waals surface area (Å²) in [5, 5.41) is 9.31. The molecule has 208 valence electrons. The van der Waals surface area contributed by atoms with Gasteiger partial charge < -0.3 is 9.32 Å². The Morgan fingerprint density at radius 2 is 1.77 bits per heavy atom. The minimum absolute atomic E-state index is 0.0458. The van der Waals surface area contributed by atoms with Crippen molar-refractivity contribution >= 4 is 33.0 Å². The molecule has 2 aromatic heterocycles. The van der Waals surface area contributed by atoms with Crippen LogP contribution in [0.5, 0.6) is 0 Å². The maximum Gasteiger partial charge on any atom is 0.245 e. The number of benzene rings is 2. The number of carbonyl (C=O) groups excluding carboxylic acids is 2. The Kier molecular flexibility index (Phi) is 8.15. The predicted molar refractivity (Wildman–Crippen MR) is 151 cm³/mol. The number of oxazole rings is 1. The lowest BCUT2D eigenvalue weighted by Gasteiger charge is -2.30. The Bertz CT molecular complexity index is 1570. The van der Waals surface area contributed by atoms with Crippen molar-refractivity contribution in [3.8, 4) is 21.8 Å². The molecule has 4 aromatic rings. The summed E-state index contributed by atoms with van der Waals surface area (Å²) in [6.45, 7) is 0.241. The molecule has 0 aliphatic carbocycles. The number of sulfone groups is 1. The van der Waals surface area contributed by atoms with Crippen molar-refractivity contribution < 1.29 is 27.6 Å². The van der Waals surface area contributed by atoms with Crippen molar-refractivity contribution in [2.45, 2.75) is 30.4 Å². The molecule has 1 aliphatic heterocycles. The van der Waals surface area contributed by atoms with Gasteiger partial charge in [-0.25, -0.2) is 18.9 Å². The Morgan fingerprint density at radius 1 is 1.02 bits per heavy atom. The van der Waals surface area contributed by atoms with Crippen LogP contribution in [0.3, 0.4) is 0 Å². The highest BCUT2D eigenvalue weighted by Gasteiger charge is 2.49. The molecule has 0 saturated carbocycles. The van der Waals surface area contributed by atoms with Crippen LogP contribution in [0, 0.1) is 0 Å². The number of hydrogen-bond donors (Lipinski definition) is 2. The van der Waals surface area contributed by atoms with E-state index in [-0.39, 0.29) is 37.6 Å². The molecule has 40 heavy (non-hydrogen) atoms. The molecule has 1 saturated heterocycles. The average Bonchev–Trinajstić information content (AvgIpc) is 3.67. The maximum absolute atomic E-state index is 13.8. The van der Waals surface area contributed by atoms with E-state index in [2.05, 4.69) is 4.98 Å². The van der Waals surface area contributed by atoms with E-state index in [1.807, 2.05) is 60.7 Å². The Morgan fingerprint density at radius 3 is 2.48 bits per heavy atom. The number of nitrogens with one attached hydrogen (secondary N) is 1. The first kappa shape index (κ1) is 27.8. The summed E-state index contributed by atoms with van der Waals surface area (Å²) in [6.07, 6.45) is 3.42. The van der Waals surface area contributed by atoms with Gasteiger partial charge in [-0.15, -0.1) is 11.3 Å². The molecule has 9 nitrogen and oxygen atoms in total. The number of hydroxylamine groups is 1. The van der Waals surface area contributed by atoms with E-state index in [0.29, 0.717) is 17.1 Å². The van der Waals surface area contributed by atoms with Crippen LogP contribution in [-0.4, -0.2) is 54.2 Å². The van der Waals surface area contributed by atoms with Crippen molar-refractivity contribution in [2.24, 2.45) is 0 Å². The second-order valence-corrected chi connectivity index (χ2v) is 13.3. The minimum Gasteiger partial charge on any atom is -0.444 e. The van der Waals surface area contributed by atoms with E-state index in [1.165, 1.54) is 17.7 Å². The van der Waals surface area contributed by atoms with E-state index in [9.17, 15) is 23.2 Å². The highest BCUT2D eigenvalue weighted by atomic mass is 32.2. The van der Waals surface area contributed by atoms with Gasteiger partial charge in [0.05, 0.1) is 18.4 Å². The van der Waals surface area contributed by atoms with Gasteiger partial charge in [-0.05, 0) is 36.1 Å². The van der Waals surface area contributed by atoms with E-state index in [0.717, 1.165) is 21.6 Å². The topological polar surface area (TPSA) is 130 Å². The van der Waals surface area contributed by atoms with Crippen molar-refractivity contribution in [1.82, 2.24) is 15.4 Å². The van der Waals surface area contributed by atoms with Crippen LogP contribution in [-0.2, 0) is 30.6 Å². The standard InChI is InChI=1S/C29H29N3O6S2/c33-27(31-35)18-29(26-12-11-25(39-26)23-9-7-22(8-10-23)24-19-30-20-38-24)14-15-32(16-17-40(29,36)37)28(34)13-6-21-4-2-1-3-5-21/h1-5,7-12,19-20,35H,6,13-18H2,(H,31,33). The van der Waals surface area contributed by atoms with Gasteiger partial charge in [-0.1, -0.05) is 54.6 Å². The summed E-state index contributed by atoms with van der Waals surface area (Å²) in [7, 11) is -3.89. The number of thiophene rings is 1. The molecule has 1 aliphatic rings. The van der Waals surface area contributed by atoms with Crippen molar-refractivity contribution in [2.75, 3.05) is 18.8 Å². The number of amides is 2. The lowest BCUT2D eigenvalue weighted by Crippen LogP contribution is -2.41. The number of rotatable bonds is 8. The second kappa shape index (κ2) is 11.7. The summed E-state index contributed by atoms with van der Waals surface area (Å²) >= 11 is 1.30. The molecular formula is C29H29N3O6S2. The molecule has 0 spiro atoms. The predicted octanol–water partition coefficient (Wildman–Crippen LogP) is 4.44. The van der Waals surface area contributed by atoms with Crippen LogP contribution in [0.15, 0.2) is 83.7 Å². The van der Waals surface area contributed by atoms with Gasteiger partial charge in [-0.3, -0.25) is 14.8 Å². The van der Waals surface area contributed by atoms with Crippen molar-refractivity contribution in [3.63, 3.8) is 0 Å². The third-order valence-electron chi connectivity index (χ3n) is 7.35. The maximum atomic E-state index is 13.8. The van der Waals surface area contributed by atoms with E-state index in [4.69, 9.17) is 4.42 Å². The third kappa shape index (κ3) is 5.72. The van der Waals surface area contributed by atoms with Crippen LogP contribution in [0.2, 0.25) is 0 Å². The van der Waals surface area contributed by atoms with Gasteiger partial charge in [0.15, 0.2) is 22.0 Å². The van der Waals surface area contributed by atoms with Crippen molar-refractivity contribution in [1.29, 1.82) is 0 Å². The number of nitrogens with zero attached hydrogens (tertiary/aromatic N) is 2. The Hall–Kier alpha value is -3.80. The van der Waals surface area contributed by atoms with E-state index < -0.39 is 26.9 Å². The van der Waals surface area contributed by atoms with Gasteiger partial charge in [0.25, 0.3) is 0 Å². The molecule has 2 aromatic carbocycles. The molecule has 1 fully saturated rings. The van der Waals surface area contributed by atoms with Gasteiger partial charge in [0.1, 0.15) is 4.75 Å². The summed E-state index contributed by atoms with van der Waals surface area (Å²) in [5.74, 6) is -0.555. The molecule has 2 amide bonds. The lowest BCUT2D eigenvalue weighted by molar-refractivity contribution is -0.131. The van der Waals surface area contributed by atoms with Crippen LogP contribution in [0.25, 0.3) is 21.8 Å². The number of aromatic nitrogens is 1. The normalized spacial score (nSPS) is 18.7. The zero-order valence-corrected chi connectivity index (χ0v) is 23.3. The van der Waals surface area contributed by atoms with E-state index in [1.54, 1.807) is 22.6 Å². The highest BCUT2D eigenvalue weighted by molar-refractivity contribution is 7.92. The molecular weight excluding hydrogens is 550 g/mol. The summed E-state index contributed by atoms with van der Waals surface area (Å²) in [4.78, 5) is 32.4. The van der Waals surface area contributed by atoms with Crippen molar-refractivity contribution in [3.05, 3.63) is 89.8 Å². The minimum atomic E-state index is -3.89. The van der Waals surface area contributed by atoms with Gasteiger partial charge in [0.2, 0.25) is 11.8 Å². The highest BCUT2D eigenvalue weighted by Crippen LogP contribution is 2.45. The number of hydrogen-bond acceptors (Lipinski definition) is 8. The quantitative estimate of drug-likeness (QED) is 0.233. The number of carbonyl (C=O) groups is 2. The molecule has 3 heterocycles. The first-order valence-corrected chi connectivity index (χ1v) is 15.3. The molecule has 11 heteroatoms. The molecule has 1 atom stereocenters. The first-order chi connectivity index (χ1) is 19.3. The Balaban J connectivity index is 1.40. The molecule has 2 N–H and O–H groups in total. The fourth-order valence-electron chi connectivity index (χ4n) is 5.07. The van der Waals surface area contributed by atoms with Crippen LogP contribution in [0.1, 0.15) is 29.7 Å². The molecule has 0 radical (unpaired) electrons. The largest absolute Gasteiger partial charge is 0.444 e. The van der Waals surface area contributed by atoms with Crippen LogP contribution < -0.4 is 5.48 Å². The van der Waals surface area contributed by atoms with Crippen LogP contribution >= 0.6 is 11.3 Å². The Labute approximate surface area is 236 Å². The molecule has 5 rings (SSSR count). The fraction of sp³-hybridized carbons (Fsp3) is 0.276. The summed E-state index contributed by atoms with van der Waals surface area (Å²) < 4.78 is 31.4. The first-order valence-electron chi connectivity index (χ1n) is 12.9. The second-order valence-electron chi connectivity index (χ2n) is 9.75. The average molecular weight is 580 g/mol. The molecule has 0 bridgehead atoms. The van der Waals surface area contributed by atoms with Gasteiger partial charge in [0, 0.05) is 34.8 Å². The third-order valence-corrected chi connectivity index (χ3v) is 11.3.